The molecule has 3 rings (SSSR count). The molecule has 1 N–H and O–H groups in total. The summed E-state index contributed by atoms with van der Waals surface area (Å²) in [5.41, 5.74) is 2.36. The van der Waals surface area contributed by atoms with Gasteiger partial charge in [0, 0.05) is 6.04 Å². The van der Waals surface area contributed by atoms with Crippen molar-refractivity contribution in [2.75, 3.05) is 6.61 Å². The maximum atomic E-state index is 12.1. The molecule has 1 heterocycles. The molecule has 1 amide bonds. The molecule has 0 spiro atoms. The van der Waals surface area contributed by atoms with Gasteiger partial charge >= 0.3 is 0 Å². The molecule has 0 fully saturated rings. The number of fused-ring (bicyclic) bond motifs is 1. The molecule has 0 bridgehead atoms. The molecule has 0 radical (unpaired) electrons. The van der Waals surface area contributed by atoms with E-state index >= 15 is 0 Å². The smallest absolute Gasteiger partial charge is 0.258 e. The highest BCUT2D eigenvalue weighted by Gasteiger charge is 2.14. The van der Waals surface area contributed by atoms with Gasteiger partial charge in [0.2, 0.25) is 0 Å². The van der Waals surface area contributed by atoms with Crippen LogP contribution in [-0.4, -0.2) is 22.1 Å². The summed E-state index contributed by atoms with van der Waals surface area (Å²) in [6.07, 6.45) is 0. The molecule has 0 saturated carbocycles. The summed E-state index contributed by atoms with van der Waals surface area (Å²) in [5, 5.41) is 11.9. The first-order chi connectivity index (χ1) is 12.6. The van der Waals surface area contributed by atoms with E-state index in [2.05, 4.69) is 28.7 Å². The first kappa shape index (κ1) is 17.5. The number of benzene rings is 2. The van der Waals surface area contributed by atoms with Crippen molar-refractivity contribution in [3.8, 4) is 11.8 Å². The Morgan fingerprint density at radius 3 is 2.73 bits per heavy atom. The fourth-order valence-electron chi connectivity index (χ4n) is 2.85. The van der Waals surface area contributed by atoms with Crippen molar-refractivity contribution in [1.82, 2.24) is 14.9 Å². The molecular formula is C20H20N4O2. The molecule has 0 aliphatic carbocycles. The van der Waals surface area contributed by atoms with Gasteiger partial charge in [-0.25, -0.2) is 4.98 Å². The normalized spacial score (nSPS) is 10.7. The maximum absolute atomic E-state index is 12.1. The Hall–Kier alpha value is -3.33. The number of aromatic nitrogens is 2. The Morgan fingerprint density at radius 2 is 1.96 bits per heavy atom. The van der Waals surface area contributed by atoms with E-state index in [4.69, 9.17) is 10.00 Å². The van der Waals surface area contributed by atoms with Gasteiger partial charge < -0.3 is 14.6 Å². The van der Waals surface area contributed by atoms with Crippen LogP contribution in [0.25, 0.3) is 11.0 Å². The largest absolute Gasteiger partial charge is 0.482 e. The minimum Gasteiger partial charge on any atom is -0.482 e. The predicted molar refractivity (Wildman–Crippen MR) is 98.6 cm³/mol. The fourth-order valence-corrected chi connectivity index (χ4v) is 2.85. The van der Waals surface area contributed by atoms with Gasteiger partial charge in [-0.2, -0.15) is 5.26 Å². The van der Waals surface area contributed by atoms with Crippen LogP contribution in [0.3, 0.4) is 0 Å². The average Bonchev–Trinajstić information content (AvgIpc) is 3.03. The standard InChI is InChI=1S/C20H20N4O2/c1-14(2)24-17-9-5-4-8-16(17)23-19(24)12-22-20(25)13-26-18-10-6-3-7-15(18)11-21/h3-10,14H,12-13H2,1-2H3,(H,22,25). The molecule has 0 atom stereocenters. The summed E-state index contributed by atoms with van der Waals surface area (Å²) in [7, 11) is 0. The summed E-state index contributed by atoms with van der Waals surface area (Å²) >= 11 is 0. The van der Waals surface area contributed by atoms with Gasteiger partial charge in [0.1, 0.15) is 17.6 Å². The van der Waals surface area contributed by atoms with Gasteiger partial charge in [-0.1, -0.05) is 24.3 Å². The van der Waals surface area contributed by atoms with Crippen LogP contribution in [-0.2, 0) is 11.3 Å². The number of ether oxygens (including phenoxy) is 1. The minimum absolute atomic E-state index is 0.152. The van der Waals surface area contributed by atoms with Crippen LogP contribution in [0.4, 0.5) is 0 Å². The zero-order valence-electron chi connectivity index (χ0n) is 14.8. The van der Waals surface area contributed by atoms with Crippen molar-refractivity contribution in [1.29, 1.82) is 5.26 Å². The van der Waals surface area contributed by atoms with Crippen LogP contribution < -0.4 is 10.1 Å². The minimum atomic E-state index is -0.264. The van der Waals surface area contributed by atoms with Crippen molar-refractivity contribution in [2.45, 2.75) is 26.4 Å². The Balaban J connectivity index is 1.66. The molecule has 6 heteroatoms. The van der Waals surface area contributed by atoms with Crippen LogP contribution in [0, 0.1) is 11.3 Å². The van der Waals surface area contributed by atoms with Crippen molar-refractivity contribution >= 4 is 16.9 Å². The van der Waals surface area contributed by atoms with E-state index in [1.165, 1.54) is 0 Å². The Bertz CT molecular complexity index is 969. The summed E-state index contributed by atoms with van der Waals surface area (Å²) in [4.78, 5) is 16.7. The van der Waals surface area contributed by atoms with Crippen molar-refractivity contribution in [3.63, 3.8) is 0 Å². The van der Waals surface area contributed by atoms with E-state index in [0.29, 0.717) is 17.9 Å². The van der Waals surface area contributed by atoms with Gasteiger partial charge in [-0.15, -0.1) is 0 Å². The lowest BCUT2D eigenvalue weighted by Crippen LogP contribution is -2.29. The van der Waals surface area contributed by atoms with Crippen LogP contribution in [0.1, 0.15) is 31.3 Å². The molecule has 6 nitrogen and oxygen atoms in total. The summed E-state index contributed by atoms with van der Waals surface area (Å²) < 4.78 is 7.57. The summed E-state index contributed by atoms with van der Waals surface area (Å²) in [6, 6.07) is 17.0. The molecule has 2 aromatic carbocycles. The Kier molecular flexibility index (Phi) is 5.18. The van der Waals surface area contributed by atoms with Crippen LogP contribution >= 0.6 is 0 Å². The van der Waals surface area contributed by atoms with Crippen LogP contribution in [0.2, 0.25) is 0 Å². The van der Waals surface area contributed by atoms with Gasteiger partial charge in [-0.05, 0) is 38.1 Å². The molecular weight excluding hydrogens is 328 g/mol. The molecule has 1 aromatic heterocycles. The zero-order chi connectivity index (χ0) is 18.5. The van der Waals surface area contributed by atoms with Crippen LogP contribution in [0.15, 0.2) is 48.5 Å². The topological polar surface area (TPSA) is 79.9 Å². The Morgan fingerprint density at radius 1 is 1.23 bits per heavy atom. The second-order valence-electron chi connectivity index (χ2n) is 6.15. The number of nitriles is 1. The SMILES string of the molecule is CC(C)n1c(CNC(=O)COc2ccccc2C#N)nc2ccccc21. The molecule has 0 unspecified atom stereocenters. The predicted octanol–water partition coefficient (Wildman–Crippen LogP) is 3.18. The van der Waals surface area contributed by atoms with Gasteiger partial charge in [0.25, 0.3) is 5.91 Å². The highest BCUT2D eigenvalue weighted by Crippen LogP contribution is 2.21. The van der Waals surface area contributed by atoms with Crippen molar-refractivity contribution in [3.05, 3.63) is 59.9 Å². The quantitative estimate of drug-likeness (QED) is 0.742. The molecule has 3 aromatic rings. The second-order valence-corrected chi connectivity index (χ2v) is 6.15. The number of rotatable bonds is 6. The third kappa shape index (κ3) is 3.67. The third-order valence-corrected chi connectivity index (χ3v) is 4.00. The number of nitrogens with one attached hydrogen (secondary N) is 1. The van der Waals surface area contributed by atoms with E-state index in [-0.39, 0.29) is 18.6 Å². The number of carbonyl (C=O) groups is 1. The molecule has 0 aliphatic heterocycles. The fraction of sp³-hybridized carbons (Fsp3) is 0.250. The van der Waals surface area contributed by atoms with Gasteiger partial charge in [0.15, 0.2) is 6.61 Å². The summed E-state index contributed by atoms with van der Waals surface area (Å²) in [5.74, 6) is 0.937. The van der Waals surface area contributed by atoms with Crippen LogP contribution in [0.5, 0.6) is 5.75 Å². The van der Waals surface area contributed by atoms with Gasteiger partial charge in [-0.3, -0.25) is 4.79 Å². The highest BCUT2D eigenvalue weighted by atomic mass is 16.5. The third-order valence-electron chi connectivity index (χ3n) is 4.00. The molecule has 0 saturated heterocycles. The number of nitrogens with zero attached hydrogens (tertiary/aromatic N) is 3. The molecule has 132 valence electrons. The number of hydrogen-bond acceptors (Lipinski definition) is 4. The van der Waals surface area contributed by atoms with Crippen molar-refractivity contribution in [2.24, 2.45) is 0 Å². The monoisotopic (exact) mass is 348 g/mol. The molecule has 26 heavy (non-hydrogen) atoms. The zero-order valence-corrected chi connectivity index (χ0v) is 14.8. The lowest BCUT2D eigenvalue weighted by Gasteiger charge is -2.14. The first-order valence-electron chi connectivity index (χ1n) is 8.44. The van der Waals surface area contributed by atoms with E-state index < -0.39 is 0 Å². The van der Waals surface area contributed by atoms with E-state index in [1.54, 1.807) is 24.3 Å². The van der Waals surface area contributed by atoms with Gasteiger partial charge in [0.05, 0.1) is 23.1 Å². The van der Waals surface area contributed by atoms with Crippen molar-refractivity contribution < 1.29 is 9.53 Å². The highest BCUT2D eigenvalue weighted by molar-refractivity contribution is 5.78. The lowest BCUT2D eigenvalue weighted by molar-refractivity contribution is -0.123. The number of hydrogen-bond donors (Lipinski definition) is 1. The maximum Gasteiger partial charge on any atom is 0.258 e. The number of carbonyl (C=O) groups excluding carboxylic acids is 1. The molecule has 0 aliphatic rings. The average molecular weight is 348 g/mol. The Labute approximate surface area is 152 Å². The van der Waals surface area contributed by atoms with E-state index in [0.717, 1.165) is 16.9 Å². The number of imidazole rings is 1. The number of amides is 1. The second kappa shape index (κ2) is 7.70. The lowest BCUT2D eigenvalue weighted by atomic mass is 10.2. The van der Waals surface area contributed by atoms with E-state index in [1.807, 2.05) is 30.3 Å². The first-order valence-corrected chi connectivity index (χ1v) is 8.44. The summed E-state index contributed by atoms with van der Waals surface area (Å²) in [6.45, 7) is 4.33. The number of para-hydroxylation sites is 3. The van der Waals surface area contributed by atoms with E-state index in [9.17, 15) is 4.79 Å².